The van der Waals surface area contributed by atoms with Gasteiger partial charge in [-0.25, -0.2) is 4.79 Å². The number of alkyl carbamates (subject to hydrolysis) is 1. The molecule has 3 rings (SSSR count). The summed E-state index contributed by atoms with van der Waals surface area (Å²) >= 11 is 0. The van der Waals surface area contributed by atoms with Gasteiger partial charge >= 0.3 is 6.09 Å². The van der Waals surface area contributed by atoms with Crippen LogP contribution in [-0.2, 0) is 30.5 Å². The van der Waals surface area contributed by atoms with Crippen LogP contribution in [0.3, 0.4) is 0 Å². The number of rotatable bonds is 11. The molecule has 4 amide bonds. The van der Waals surface area contributed by atoms with E-state index in [1.807, 2.05) is 37.3 Å². The van der Waals surface area contributed by atoms with E-state index in [0.29, 0.717) is 19.5 Å². The third-order valence-electron chi connectivity index (χ3n) is 6.46. The van der Waals surface area contributed by atoms with Crippen molar-refractivity contribution in [1.82, 2.24) is 20.9 Å². The predicted octanol–water partition coefficient (Wildman–Crippen LogP) is 1.28. The number of likely N-dealkylation sites (tertiary alicyclic amines) is 1. The van der Waals surface area contributed by atoms with Gasteiger partial charge in [0.2, 0.25) is 17.6 Å². The Balaban J connectivity index is 1.68. The zero-order chi connectivity index (χ0) is 25.4. The molecule has 190 valence electrons. The van der Waals surface area contributed by atoms with Gasteiger partial charge < -0.3 is 25.6 Å². The largest absolute Gasteiger partial charge is 0.445 e. The van der Waals surface area contributed by atoms with Gasteiger partial charge in [-0.2, -0.15) is 0 Å². The summed E-state index contributed by atoms with van der Waals surface area (Å²) in [6, 6.07) is 6.77. The zero-order valence-electron chi connectivity index (χ0n) is 20.2. The lowest BCUT2D eigenvalue weighted by molar-refractivity contribution is -0.146. The number of hydrogen-bond acceptors (Lipinski definition) is 6. The summed E-state index contributed by atoms with van der Waals surface area (Å²) < 4.78 is 5.23. The van der Waals surface area contributed by atoms with Gasteiger partial charge in [-0.1, -0.05) is 43.7 Å². The number of carbonyl (C=O) groups is 5. The lowest BCUT2D eigenvalue weighted by atomic mass is 9.93. The fourth-order valence-corrected chi connectivity index (χ4v) is 4.54. The maximum Gasteiger partial charge on any atom is 0.408 e. The lowest BCUT2D eigenvalue weighted by Crippen LogP contribution is -2.53. The van der Waals surface area contributed by atoms with Crippen molar-refractivity contribution < 1.29 is 28.7 Å². The van der Waals surface area contributed by atoms with Gasteiger partial charge in [0.05, 0.1) is 0 Å². The Hall–Kier alpha value is -3.43. The standard InChI is InChI=1S/C25H34N4O6/c1-3-4-11-26-23(32)21(30)20(14-18-10-12-27-22(18)31)29-16(2)13-19(24(29)33)28-25(34)35-15-17-8-6-5-7-9-17/h5-9,16,18-20H,3-4,10-15H2,1-2H3,(H,26,32)(H,27,31)(H,28,34)/t16?,18?,19-,20-/m0/s1. The summed E-state index contributed by atoms with van der Waals surface area (Å²) in [5.74, 6) is -2.62. The van der Waals surface area contributed by atoms with Crippen molar-refractivity contribution in [1.29, 1.82) is 0 Å². The summed E-state index contributed by atoms with van der Waals surface area (Å²) in [6.45, 7) is 4.65. The van der Waals surface area contributed by atoms with Crippen LogP contribution in [0.5, 0.6) is 0 Å². The third kappa shape index (κ3) is 6.80. The van der Waals surface area contributed by atoms with Gasteiger partial charge in [-0.05, 0) is 38.2 Å². The second kappa shape index (κ2) is 12.3. The van der Waals surface area contributed by atoms with E-state index in [9.17, 15) is 24.0 Å². The minimum atomic E-state index is -1.08. The van der Waals surface area contributed by atoms with Crippen LogP contribution in [0.1, 0.15) is 51.5 Å². The number of hydrogen-bond donors (Lipinski definition) is 3. The molecule has 0 radical (unpaired) electrons. The van der Waals surface area contributed by atoms with Gasteiger partial charge in [-0.15, -0.1) is 0 Å². The highest BCUT2D eigenvalue weighted by Crippen LogP contribution is 2.28. The van der Waals surface area contributed by atoms with E-state index in [-0.39, 0.29) is 25.4 Å². The van der Waals surface area contributed by atoms with Crippen LogP contribution < -0.4 is 16.0 Å². The maximum absolute atomic E-state index is 13.3. The molecule has 2 aliphatic heterocycles. The number of ether oxygens (including phenoxy) is 1. The molecule has 0 spiro atoms. The van der Waals surface area contributed by atoms with Gasteiger partial charge in [0.1, 0.15) is 18.7 Å². The third-order valence-corrected chi connectivity index (χ3v) is 6.46. The van der Waals surface area contributed by atoms with Crippen molar-refractivity contribution in [3.8, 4) is 0 Å². The van der Waals surface area contributed by atoms with Crippen LogP contribution >= 0.6 is 0 Å². The van der Waals surface area contributed by atoms with Crippen LogP contribution in [0.4, 0.5) is 4.79 Å². The van der Waals surface area contributed by atoms with E-state index in [0.717, 1.165) is 18.4 Å². The summed E-state index contributed by atoms with van der Waals surface area (Å²) in [6.07, 6.45) is 1.70. The van der Waals surface area contributed by atoms with Crippen molar-refractivity contribution in [2.45, 2.75) is 70.7 Å². The first-order valence-corrected chi connectivity index (χ1v) is 12.2. The van der Waals surface area contributed by atoms with Gasteiger partial charge in [0.25, 0.3) is 5.91 Å². The Morgan fingerprint density at radius 1 is 1.20 bits per heavy atom. The molecule has 3 N–H and O–H groups in total. The Morgan fingerprint density at radius 2 is 1.94 bits per heavy atom. The molecule has 1 aromatic rings. The summed E-state index contributed by atoms with van der Waals surface area (Å²) in [7, 11) is 0. The second-order valence-electron chi connectivity index (χ2n) is 9.09. The van der Waals surface area contributed by atoms with Crippen molar-refractivity contribution in [3.05, 3.63) is 35.9 Å². The highest BCUT2D eigenvalue weighted by molar-refractivity contribution is 6.38. The minimum absolute atomic E-state index is 0.0582. The molecular weight excluding hydrogens is 452 g/mol. The number of nitrogens with one attached hydrogen (secondary N) is 3. The Morgan fingerprint density at radius 3 is 2.60 bits per heavy atom. The predicted molar refractivity (Wildman–Crippen MR) is 127 cm³/mol. The SMILES string of the molecule is CCCCNC(=O)C(=O)[C@H](CC1CCNC1=O)N1C(=O)[C@@H](NC(=O)OCc2ccccc2)CC1C. The molecule has 10 heteroatoms. The quantitative estimate of drug-likeness (QED) is 0.319. The zero-order valence-corrected chi connectivity index (χ0v) is 20.2. The first kappa shape index (κ1) is 26.2. The van der Waals surface area contributed by atoms with Crippen LogP contribution in [0, 0.1) is 5.92 Å². The van der Waals surface area contributed by atoms with E-state index < -0.39 is 47.7 Å². The summed E-state index contributed by atoms with van der Waals surface area (Å²) in [5.41, 5.74) is 0.810. The van der Waals surface area contributed by atoms with Crippen LogP contribution in [0.2, 0.25) is 0 Å². The number of Topliss-reactive ketones (excluding diaryl/α,β-unsaturated/α-hetero) is 1. The lowest BCUT2D eigenvalue weighted by Gasteiger charge is -2.31. The molecular formula is C25H34N4O6. The number of nitrogens with zero attached hydrogens (tertiary/aromatic N) is 1. The molecule has 2 saturated heterocycles. The van der Waals surface area contributed by atoms with E-state index >= 15 is 0 Å². The molecule has 4 atom stereocenters. The average molecular weight is 487 g/mol. The second-order valence-corrected chi connectivity index (χ2v) is 9.09. The first-order chi connectivity index (χ1) is 16.8. The fourth-order valence-electron chi connectivity index (χ4n) is 4.54. The maximum atomic E-state index is 13.3. The van der Waals surface area contributed by atoms with Crippen LogP contribution in [-0.4, -0.2) is 65.7 Å². The molecule has 0 bridgehead atoms. The number of benzene rings is 1. The van der Waals surface area contributed by atoms with E-state index in [2.05, 4.69) is 16.0 Å². The topological polar surface area (TPSA) is 134 Å². The molecule has 10 nitrogen and oxygen atoms in total. The highest BCUT2D eigenvalue weighted by Gasteiger charge is 2.46. The van der Waals surface area contributed by atoms with E-state index in [1.54, 1.807) is 6.92 Å². The number of unbranched alkanes of at least 4 members (excludes halogenated alkanes) is 1. The minimum Gasteiger partial charge on any atom is -0.445 e. The van der Waals surface area contributed by atoms with Crippen molar-refractivity contribution >= 4 is 29.6 Å². The van der Waals surface area contributed by atoms with Crippen molar-refractivity contribution in [2.75, 3.05) is 13.1 Å². The normalized spacial score (nSPS) is 22.5. The molecule has 2 heterocycles. The van der Waals surface area contributed by atoms with Gasteiger partial charge in [0, 0.05) is 25.0 Å². The molecule has 0 aliphatic carbocycles. The van der Waals surface area contributed by atoms with Gasteiger partial charge in [-0.3, -0.25) is 19.2 Å². The smallest absolute Gasteiger partial charge is 0.408 e. The first-order valence-electron chi connectivity index (χ1n) is 12.2. The Kier molecular flexibility index (Phi) is 9.22. The number of ketones is 1. The molecule has 1 aromatic carbocycles. The molecule has 0 saturated carbocycles. The molecule has 35 heavy (non-hydrogen) atoms. The average Bonchev–Trinajstić information content (AvgIpc) is 3.37. The summed E-state index contributed by atoms with van der Waals surface area (Å²) in [4.78, 5) is 64.9. The monoisotopic (exact) mass is 486 g/mol. The Labute approximate surface area is 205 Å². The number of amides is 4. The molecule has 0 aromatic heterocycles. The highest BCUT2D eigenvalue weighted by atomic mass is 16.5. The van der Waals surface area contributed by atoms with Crippen molar-refractivity contribution in [2.24, 2.45) is 5.92 Å². The van der Waals surface area contributed by atoms with Gasteiger partial charge in [0.15, 0.2) is 0 Å². The molecule has 2 unspecified atom stereocenters. The molecule has 2 fully saturated rings. The number of carbonyl (C=O) groups excluding carboxylic acids is 5. The fraction of sp³-hybridized carbons (Fsp3) is 0.560. The van der Waals surface area contributed by atoms with Crippen molar-refractivity contribution in [3.63, 3.8) is 0 Å². The van der Waals surface area contributed by atoms with E-state index in [1.165, 1.54) is 4.90 Å². The molecule has 2 aliphatic rings. The van der Waals surface area contributed by atoms with Crippen LogP contribution in [0.25, 0.3) is 0 Å². The summed E-state index contributed by atoms with van der Waals surface area (Å²) in [5, 5.41) is 7.93. The van der Waals surface area contributed by atoms with Crippen LogP contribution in [0.15, 0.2) is 30.3 Å². The Bertz CT molecular complexity index is 937. The van der Waals surface area contributed by atoms with E-state index in [4.69, 9.17) is 4.74 Å².